The number of amides is 1. The molecule has 1 amide bonds. The lowest BCUT2D eigenvalue weighted by Crippen LogP contribution is -2.38. The van der Waals surface area contributed by atoms with E-state index in [1.54, 1.807) is 18.6 Å². The summed E-state index contributed by atoms with van der Waals surface area (Å²) in [6.45, 7) is 2.50. The van der Waals surface area contributed by atoms with Crippen molar-refractivity contribution in [2.24, 2.45) is 0 Å². The molecule has 1 aliphatic rings. The van der Waals surface area contributed by atoms with E-state index in [0.29, 0.717) is 35.1 Å². The standard InChI is InChI=1S/C22H20N6O2/c1-14-12-25-17(13-24-14)20-26-27-21(30-20)18-9-2-3-11-28(18)22(29)16-8-4-6-15-7-5-10-23-19(15)16/h4-8,10,12-13,18H,2-3,9,11H2,1H3. The number of aromatic nitrogens is 5. The van der Waals surface area contributed by atoms with Crippen molar-refractivity contribution in [2.45, 2.75) is 32.2 Å². The molecule has 1 saturated heterocycles. The number of benzene rings is 1. The summed E-state index contributed by atoms with van der Waals surface area (Å²) >= 11 is 0. The Balaban J connectivity index is 1.48. The summed E-state index contributed by atoms with van der Waals surface area (Å²) in [6, 6.07) is 9.22. The quantitative estimate of drug-likeness (QED) is 0.516. The number of carbonyl (C=O) groups is 1. The summed E-state index contributed by atoms with van der Waals surface area (Å²) < 4.78 is 5.92. The van der Waals surface area contributed by atoms with Crippen LogP contribution in [0.1, 0.15) is 47.2 Å². The first-order valence-electron chi connectivity index (χ1n) is 9.98. The van der Waals surface area contributed by atoms with Crippen LogP contribution in [-0.4, -0.2) is 42.5 Å². The van der Waals surface area contributed by atoms with Gasteiger partial charge in [0.15, 0.2) is 0 Å². The number of carbonyl (C=O) groups excluding carboxylic acids is 1. The molecule has 8 nitrogen and oxygen atoms in total. The van der Waals surface area contributed by atoms with E-state index in [2.05, 4.69) is 25.1 Å². The van der Waals surface area contributed by atoms with Crippen LogP contribution in [0, 0.1) is 6.92 Å². The van der Waals surface area contributed by atoms with Crippen molar-refractivity contribution in [3.63, 3.8) is 0 Å². The van der Waals surface area contributed by atoms with Crippen LogP contribution in [-0.2, 0) is 0 Å². The third-order valence-corrected chi connectivity index (χ3v) is 5.35. The molecule has 5 rings (SSSR count). The fraction of sp³-hybridized carbons (Fsp3) is 0.273. The lowest BCUT2D eigenvalue weighted by Gasteiger charge is -2.33. The number of likely N-dealkylation sites (tertiary alicyclic amines) is 1. The van der Waals surface area contributed by atoms with E-state index in [0.717, 1.165) is 30.3 Å². The molecule has 1 fully saturated rings. The summed E-state index contributed by atoms with van der Waals surface area (Å²) in [7, 11) is 0. The van der Waals surface area contributed by atoms with E-state index in [-0.39, 0.29) is 11.9 Å². The van der Waals surface area contributed by atoms with Gasteiger partial charge in [-0.1, -0.05) is 18.2 Å². The second-order valence-electron chi connectivity index (χ2n) is 7.38. The Morgan fingerprint density at radius 3 is 2.83 bits per heavy atom. The maximum atomic E-state index is 13.5. The maximum absolute atomic E-state index is 13.5. The second-order valence-corrected chi connectivity index (χ2v) is 7.38. The van der Waals surface area contributed by atoms with Gasteiger partial charge < -0.3 is 9.32 Å². The first kappa shape index (κ1) is 18.4. The molecule has 0 N–H and O–H groups in total. The molecule has 0 saturated carbocycles. The van der Waals surface area contributed by atoms with Crippen molar-refractivity contribution < 1.29 is 9.21 Å². The largest absolute Gasteiger partial charge is 0.417 e. The molecule has 1 unspecified atom stereocenters. The van der Waals surface area contributed by atoms with Gasteiger partial charge in [0.1, 0.15) is 11.7 Å². The topological polar surface area (TPSA) is 97.9 Å². The average molecular weight is 400 g/mol. The van der Waals surface area contributed by atoms with Crippen LogP contribution in [0.2, 0.25) is 0 Å². The van der Waals surface area contributed by atoms with Crippen LogP contribution in [0.5, 0.6) is 0 Å². The zero-order chi connectivity index (χ0) is 20.5. The molecular formula is C22H20N6O2. The summed E-state index contributed by atoms with van der Waals surface area (Å²) in [5.41, 5.74) is 2.62. The van der Waals surface area contributed by atoms with E-state index < -0.39 is 0 Å². The molecular weight excluding hydrogens is 380 g/mol. The highest BCUT2D eigenvalue weighted by Gasteiger charge is 2.33. The van der Waals surface area contributed by atoms with Crippen molar-refractivity contribution in [3.05, 3.63) is 66.1 Å². The summed E-state index contributed by atoms with van der Waals surface area (Å²) in [6.07, 6.45) is 7.67. The fourth-order valence-corrected chi connectivity index (χ4v) is 3.84. The van der Waals surface area contributed by atoms with Gasteiger partial charge in [0, 0.05) is 24.3 Å². The Morgan fingerprint density at radius 2 is 1.97 bits per heavy atom. The average Bonchev–Trinajstić information content (AvgIpc) is 3.29. The van der Waals surface area contributed by atoms with Crippen LogP contribution in [0.4, 0.5) is 0 Å². The second kappa shape index (κ2) is 7.62. The minimum absolute atomic E-state index is 0.0705. The smallest absolute Gasteiger partial charge is 0.267 e. The van der Waals surface area contributed by atoms with Crippen LogP contribution < -0.4 is 0 Å². The Bertz CT molecular complexity index is 1200. The zero-order valence-electron chi connectivity index (χ0n) is 16.5. The van der Waals surface area contributed by atoms with Gasteiger partial charge in [-0.25, -0.2) is 4.98 Å². The first-order chi connectivity index (χ1) is 14.7. The van der Waals surface area contributed by atoms with Gasteiger partial charge in [-0.2, -0.15) is 0 Å². The molecule has 0 bridgehead atoms. The number of pyridine rings is 1. The number of fused-ring (bicyclic) bond motifs is 1. The number of hydrogen-bond donors (Lipinski definition) is 0. The Hall–Kier alpha value is -3.68. The first-order valence-corrected chi connectivity index (χ1v) is 9.98. The molecule has 0 aliphatic carbocycles. The van der Waals surface area contributed by atoms with E-state index in [9.17, 15) is 4.79 Å². The number of para-hydroxylation sites is 1. The maximum Gasteiger partial charge on any atom is 0.267 e. The van der Waals surface area contributed by atoms with E-state index in [4.69, 9.17) is 4.42 Å². The van der Waals surface area contributed by atoms with Crippen LogP contribution in [0.15, 0.2) is 53.3 Å². The monoisotopic (exact) mass is 400 g/mol. The minimum Gasteiger partial charge on any atom is -0.417 e. The third kappa shape index (κ3) is 3.30. The predicted octanol–water partition coefficient (Wildman–Crippen LogP) is 3.75. The molecule has 150 valence electrons. The number of rotatable bonds is 3. The van der Waals surface area contributed by atoms with E-state index in [1.807, 2.05) is 42.2 Å². The van der Waals surface area contributed by atoms with Crippen molar-refractivity contribution >= 4 is 16.8 Å². The molecule has 1 aromatic carbocycles. The van der Waals surface area contributed by atoms with Crippen LogP contribution in [0.25, 0.3) is 22.5 Å². The van der Waals surface area contributed by atoms with Crippen LogP contribution >= 0.6 is 0 Å². The highest BCUT2D eigenvalue weighted by Crippen LogP contribution is 2.33. The molecule has 4 heterocycles. The van der Waals surface area contributed by atoms with E-state index in [1.165, 1.54) is 0 Å². The normalized spacial score (nSPS) is 16.7. The van der Waals surface area contributed by atoms with Crippen molar-refractivity contribution in [2.75, 3.05) is 6.54 Å². The predicted molar refractivity (Wildman–Crippen MR) is 109 cm³/mol. The van der Waals surface area contributed by atoms with Gasteiger partial charge in [-0.05, 0) is 38.3 Å². The zero-order valence-corrected chi connectivity index (χ0v) is 16.5. The molecule has 8 heteroatoms. The Kier molecular flexibility index (Phi) is 4.66. The summed E-state index contributed by atoms with van der Waals surface area (Å²) in [5, 5.41) is 9.31. The van der Waals surface area contributed by atoms with Gasteiger partial charge in [0.2, 0.25) is 5.89 Å². The van der Waals surface area contributed by atoms with E-state index >= 15 is 0 Å². The van der Waals surface area contributed by atoms with Crippen molar-refractivity contribution in [1.29, 1.82) is 0 Å². The third-order valence-electron chi connectivity index (χ3n) is 5.35. The lowest BCUT2D eigenvalue weighted by molar-refractivity contribution is 0.0574. The number of aryl methyl sites for hydroxylation is 1. The minimum atomic E-state index is -0.273. The SMILES string of the molecule is Cc1cnc(-c2nnc(C3CCCCN3C(=O)c3cccc4cccnc34)o2)cn1. The highest BCUT2D eigenvalue weighted by molar-refractivity contribution is 6.05. The lowest BCUT2D eigenvalue weighted by atomic mass is 10.00. The number of piperidine rings is 1. The Labute approximate surface area is 173 Å². The molecule has 30 heavy (non-hydrogen) atoms. The van der Waals surface area contributed by atoms with Crippen molar-refractivity contribution in [1.82, 2.24) is 30.0 Å². The van der Waals surface area contributed by atoms with Gasteiger partial charge in [0.05, 0.1) is 23.0 Å². The van der Waals surface area contributed by atoms with Crippen molar-refractivity contribution in [3.8, 4) is 11.6 Å². The number of nitrogens with zero attached hydrogens (tertiary/aromatic N) is 6. The molecule has 3 aromatic heterocycles. The van der Waals surface area contributed by atoms with Gasteiger partial charge in [-0.15, -0.1) is 10.2 Å². The molecule has 0 spiro atoms. The summed E-state index contributed by atoms with van der Waals surface area (Å²) in [4.78, 5) is 28.3. The molecule has 1 aliphatic heterocycles. The Morgan fingerprint density at radius 1 is 1.07 bits per heavy atom. The molecule has 4 aromatic rings. The molecule has 1 atom stereocenters. The van der Waals surface area contributed by atoms with Gasteiger partial charge in [-0.3, -0.25) is 14.8 Å². The van der Waals surface area contributed by atoms with Gasteiger partial charge in [0.25, 0.3) is 11.8 Å². The summed E-state index contributed by atoms with van der Waals surface area (Å²) in [5.74, 6) is 0.662. The highest BCUT2D eigenvalue weighted by atomic mass is 16.4. The van der Waals surface area contributed by atoms with Gasteiger partial charge >= 0.3 is 0 Å². The van der Waals surface area contributed by atoms with Crippen LogP contribution in [0.3, 0.4) is 0 Å². The molecule has 0 radical (unpaired) electrons. The fourth-order valence-electron chi connectivity index (χ4n) is 3.84. The number of hydrogen-bond acceptors (Lipinski definition) is 7.